The third-order valence-corrected chi connectivity index (χ3v) is 6.10. The number of pyridine rings is 1. The fourth-order valence-corrected chi connectivity index (χ4v) is 4.39. The van der Waals surface area contributed by atoms with E-state index in [0.717, 1.165) is 41.9 Å². The Bertz CT molecular complexity index is 1090. The molecule has 30 heavy (non-hydrogen) atoms. The topological polar surface area (TPSA) is 65.3 Å². The van der Waals surface area contributed by atoms with E-state index >= 15 is 0 Å². The molecule has 0 saturated carbocycles. The molecule has 1 spiro atoms. The lowest BCUT2D eigenvalue weighted by molar-refractivity contribution is 0.229. The summed E-state index contributed by atoms with van der Waals surface area (Å²) >= 11 is 0. The lowest BCUT2D eigenvalue weighted by Gasteiger charge is -2.38. The highest BCUT2D eigenvalue weighted by Crippen LogP contribution is 2.46. The highest BCUT2D eigenvalue weighted by molar-refractivity contribution is 5.48. The molecule has 2 aromatic heterocycles. The standard InChI is InChI=1S/C21H21F2N5O2/c1-13-25-26-20(28(13)14-3-4-19(29-2)24-11-14)27-7-5-21(6-8-27)12-30-18-10-17(23)16(22)9-15(18)21/h3-4,9-11H,5-8,12H2,1-2H3. The Morgan fingerprint density at radius 3 is 2.57 bits per heavy atom. The van der Waals surface area contributed by atoms with Crippen molar-refractivity contribution in [1.29, 1.82) is 0 Å². The summed E-state index contributed by atoms with van der Waals surface area (Å²) in [6.45, 7) is 3.73. The molecular formula is C21H21F2N5O2. The molecule has 3 aromatic rings. The Balaban J connectivity index is 1.41. The van der Waals surface area contributed by atoms with Crippen molar-refractivity contribution in [2.75, 3.05) is 31.7 Å². The van der Waals surface area contributed by atoms with Gasteiger partial charge in [-0.3, -0.25) is 4.57 Å². The summed E-state index contributed by atoms with van der Waals surface area (Å²) in [5, 5.41) is 8.64. The molecule has 4 heterocycles. The van der Waals surface area contributed by atoms with Crippen LogP contribution in [-0.4, -0.2) is 46.6 Å². The monoisotopic (exact) mass is 413 g/mol. The average Bonchev–Trinajstić information content (AvgIpc) is 3.30. The van der Waals surface area contributed by atoms with Crippen LogP contribution in [-0.2, 0) is 5.41 Å². The minimum atomic E-state index is -0.875. The summed E-state index contributed by atoms with van der Waals surface area (Å²) in [4.78, 5) is 6.44. The van der Waals surface area contributed by atoms with Crippen molar-refractivity contribution in [2.24, 2.45) is 0 Å². The van der Waals surface area contributed by atoms with Crippen LogP contribution in [0, 0.1) is 18.6 Å². The summed E-state index contributed by atoms with van der Waals surface area (Å²) in [6.07, 6.45) is 3.22. The molecule has 5 rings (SSSR count). The number of rotatable bonds is 3. The van der Waals surface area contributed by atoms with Gasteiger partial charge in [0.2, 0.25) is 11.8 Å². The molecule has 156 valence electrons. The molecule has 0 radical (unpaired) electrons. The molecule has 9 heteroatoms. The van der Waals surface area contributed by atoms with E-state index in [1.165, 1.54) is 6.07 Å². The van der Waals surface area contributed by atoms with Gasteiger partial charge in [-0.2, -0.15) is 0 Å². The van der Waals surface area contributed by atoms with Gasteiger partial charge in [0.05, 0.1) is 25.6 Å². The number of benzene rings is 1. The molecular weight excluding hydrogens is 392 g/mol. The van der Waals surface area contributed by atoms with E-state index in [0.29, 0.717) is 31.3 Å². The first kappa shape index (κ1) is 18.8. The Labute approximate surface area is 172 Å². The van der Waals surface area contributed by atoms with E-state index < -0.39 is 11.6 Å². The van der Waals surface area contributed by atoms with E-state index in [1.54, 1.807) is 19.4 Å². The zero-order valence-electron chi connectivity index (χ0n) is 16.7. The molecule has 0 N–H and O–H groups in total. The van der Waals surface area contributed by atoms with Crippen molar-refractivity contribution in [1.82, 2.24) is 19.7 Å². The molecule has 0 bridgehead atoms. The summed E-state index contributed by atoms with van der Waals surface area (Å²) < 4.78 is 40.3. The van der Waals surface area contributed by atoms with Crippen LogP contribution in [0.3, 0.4) is 0 Å². The van der Waals surface area contributed by atoms with Crippen molar-refractivity contribution in [3.8, 4) is 17.3 Å². The van der Waals surface area contributed by atoms with Crippen LogP contribution in [0.1, 0.15) is 24.2 Å². The van der Waals surface area contributed by atoms with Crippen molar-refractivity contribution in [3.63, 3.8) is 0 Å². The van der Waals surface area contributed by atoms with Gasteiger partial charge >= 0.3 is 0 Å². The van der Waals surface area contributed by atoms with E-state index in [2.05, 4.69) is 20.1 Å². The quantitative estimate of drug-likeness (QED) is 0.657. The minimum absolute atomic E-state index is 0.304. The van der Waals surface area contributed by atoms with Gasteiger partial charge in [-0.15, -0.1) is 10.2 Å². The average molecular weight is 413 g/mol. The van der Waals surface area contributed by atoms with Gasteiger partial charge in [-0.25, -0.2) is 13.8 Å². The molecule has 1 aromatic carbocycles. The minimum Gasteiger partial charge on any atom is -0.492 e. The Hall–Kier alpha value is -3.23. The lowest BCUT2D eigenvalue weighted by atomic mass is 9.74. The highest BCUT2D eigenvalue weighted by Gasteiger charge is 2.44. The molecule has 7 nitrogen and oxygen atoms in total. The zero-order valence-corrected chi connectivity index (χ0v) is 16.7. The Morgan fingerprint density at radius 2 is 1.87 bits per heavy atom. The smallest absolute Gasteiger partial charge is 0.231 e. The molecule has 1 saturated heterocycles. The molecule has 2 aliphatic heterocycles. The molecule has 0 amide bonds. The summed E-state index contributed by atoms with van der Waals surface area (Å²) in [5.74, 6) is 0.770. The third-order valence-electron chi connectivity index (χ3n) is 6.10. The zero-order chi connectivity index (χ0) is 20.9. The van der Waals surface area contributed by atoms with Crippen molar-refractivity contribution in [2.45, 2.75) is 25.2 Å². The maximum absolute atomic E-state index is 13.9. The van der Waals surface area contributed by atoms with Crippen molar-refractivity contribution >= 4 is 5.95 Å². The fourth-order valence-electron chi connectivity index (χ4n) is 4.39. The molecule has 0 unspecified atom stereocenters. The van der Waals surface area contributed by atoms with Gasteiger partial charge in [0.25, 0.3) is 0 Å². The van der Waals surface area contributed by atoms with Gasteiger partial charge in [-0.1, -0.05) is 0 Å². The van der Waals surface area contributed by atoms with E-state index in [4.69, 9.17) is 9.47 Å². The van der Waals surface area contributed by atoms with Crippen molar-refractivity contribution < 1.29 is 18.3 Å². The number of aromatic nitrogens is 4. The number of nitrogens with zero attached hydrogens (tertiary/aromatic N) is 5. The van der Waals surface area contributed by atoms with Crippen LogP contribution in [0.15, 0.2) is 30.5 Å². The van der Waals surface area contributed by atoms with Gasteiger partial charge in [0.1, 0.15) is 11.6 Å². The maximum Gasteiger partial charge on any atom is 0.231 e. The predicted octanol–water partition coefficient (Wildman–Crippen LogP) is 3.19. The molecule has 0 aliphatic carbocycles. The second-order valence-electron chi connectivity index (χ2n) is 7.76. The molecule has 1 fully saturated rings. The summed E-state index contributed by atoms with van der Waals surface area (Å²) in [5.41, 5.74) is 1.31. The number of fused-ring (bicyclic) bond motifs is 2. The number of hydrogen-bond acceptors (Lipinski definition) is 6. The highest BCUT2D eigenvalue weighted by atomic mass is 19.2. The largest absolute Gasteiger partial charge is 0.492 e. The van der Waals surface area contributed by atoms with Crippen LogP contribution >= 0.6 is 0 Å². The molecule has 0 atom stereocenters. The van der Waals surface area contributed by atoms with Crippen molar-refractivity contribution in [3.05, 3.63) is 53.5 Å². The van der Waals surface area contributed by atoms with Crippen LogP contribution in [0.2, 0.25) is 0 Å². The van der Waals surface area contributed by atoms with Gasteiger partial charge < -0.3 is 14.4 Å². The third kappa shape index (κ3) is 2.88. The first-order valence-electron chi connectivity index (χ1n) is 9.80. The second-order valence-corrected chi connectivity index (χ2v) is 7.76. The van der Waals surface area contributed by atoms with Crippen LogP contribution in [0.25, 0.3) is 5.69 Å². The summed E-state index contributed by atoms with van der Waals surface area (Å²) in [7, 11) is 1.58. The van der Waals surface area contributed by atoms with Gasteiger partial charge in [0.15, 0.2) is 11.6 Å². The van der Waals surface area contributed by atoms with Gasteiger partial charge in [0, 0.05) is 36.2 Å². The Morgan fingerprint density at radius 1 is 1.10 bits per heavy atom. The maximum atomic E-state index is 13.9. The van der Waals surface area contributed by atoms with E-state index in [9.17, 15) is 8.78 Å². The SMILES string of the molecule is COc1ccc(-n2c(C)nnc2N2CCC3(CC2)COc2cc(F)c(F)cc23)cn1. The van der Waals surface area contributed by atoms with Crippen LogP contribution < -0.4 is 14.4 Å². The summed E-state index contributed by atoms with van der Waals surface area (Å²) in [6, 6.07) is 6.16. The number of piperidine rings is 1. The number of aryl methyl sites for hydroxylation is 1. The van der Waals surface area contributed by atoms with E-state index in [1.807, 2.05) is 17.6 Å². The lowest BCUT2D eigenvalue weighted by Crippen LogP contribution is -2.44. The number of halogens is 2. The second kappa shape index (κ2) is 6.93. The van der Waals surface area contributed by atoms with Crippen LogP contribution in [0.5, 0.6) is 11.6 Å². The number of hydrogen-bond donors (Lipinski definition) is 0. The van der Waals surface area contributed by atoms with Crippen LogP contribution in [0.4, 0.5) is 14.7 Å². The number of anilines is 1. The number of methoxy groups -OCH3 is 1. The van der Waals surface area contributed by atoms with Gasteiger partial charge in [-0.05, 0) is 31.9 Å². The normalized spacial score (nSPS) is 17.1. The first-order chi connectivity index (χ1) is 14.5. The Kier molecular flexibility index (Phi) is 4.34. The number of ether oxygens (including phenoxy) is 2. The first-order valence-corrected chi connectivity index (χ1v) is 9.80. The predicted molar refractivity (Wildman–Crippen MR) is 105 cm³/mol. The fraction of sp³-hybridized carbons (Fsp3) is 0.381. The van der Waals surface area contributed by atoms with E-state index in [-0.39, 0.29) is 5.41 Å². The molecule has 2 aliphatic rings.